The number of anilines is 1. The SMILES string of the molecule is NCCOCC(=O)Nc1ccc(CS(N)(=O)=O)cc1. The lowest BCUT2D eigenvalue weighted by molar-refractivity contribution is -0.120. The smallest absolute Gasteiger partial charge is 0.250 e. The van der Waals surface area contributed by atoms with Crippen LogP contribution in [0.1, 0.15) is 5.56 Å². The lowest BCUT2D eigenvalue weighted by atomic mass is 10.2. The van der Waals surface area contributed by atoms with Gasteiger partial charge in [-0.05, 0) is 17.7 Å². The Morgan fingerprint density at radius 1 is 1.26 bits per heavy atom. The second-order valence-corrected chi connectivity index (χ2v) is 5.51. The van der Waals surface area contributed by atoms with Crippen LogP contribution in [0.5, 0.6) is 0 Å². The van der Waals surface area contributed by atoms with E-state index in [9.17, 15) is 13.2 Å². The molecule has 0 bridgehead atoms. The van der Waals surface area contributed by atoms with E-state index in [-0.39, 0.29) is 18.3 Å². The number of carbonyl (C=O) groups excluding carboxylic acids is 1. The summed E-state index contributed by atoms with van der Waals surface area (Å²) >= 11 is 0. The lowest BCUT2D eigenvalue weighted by Gasteiger charge is -2.06. The molecule has 0 aliphatic rings. The van der Waals surface area contributed by atoms with Gasteiger partial charge in [0.1, 0.15) is 6.61 Å². The van der Waals surface area contributed by atoms with Crippen LogP contribution in [0.25, 0.3) is 0 Å². The van der Waals surface area contributed by atoms with Crippen LogP contribution in [0.15, 0.2) is 24.3 Å². The van der Waals surface area contributed by atoms with Crippen molar-refractivity contribution in [2.24, 2.45) is 10.9 Å². The van der Waals surface area contributed by atoms with Crippen molar-refractivity contribution in [2.75, 3.05) is 25.1 Å². The van der Waals surface area contributed by atoms with Crippen LogP contribution in [-0.2, 0) is 25.3 Å². The van der Waals surface area contributed by atoms with Crippen molar-refractivity contribution in [2.45, 2.75) is 5.75 Å². The van der Waals surface area contributed by atoms with Gasteiger partial charge in [0.25, 0.3) is 0 Å². The summed E-state index contributed by atoms with van der Waals surface area (Å²) in [7, 11) is -3.55. The minimum absolute atomic E-state index is 0.0733. The number of carbonyl (C=O) groups is 1. The van der Waals surface area contributed by atoms with Gasteiger partial charge in [-0.2, -0.15) is 0 Å². The van der Waals surface area contributed by atoms with Crippen molar-refractivity contribution in [3.63, 3.8) is 0 Å². The topological polar surface area (TPSA) is 125 Å². The van der Waals surface area contributed by atoms with E-state index in [0.717, 1.165) is 0 Å². The molecule has 0 radical (unpaired) electrons. The molecule has 1 aromatic carbocycles. The van der Waals surface area contributed by atoms with Crippen molar-refractivity contribution in [1.29, 1.82) is 0 Å². The van der Waals surface area contributed by atoms with Crippen LogP contribution >= 0.6 is 0 Å². The lowest BCUT2D eigenvalue weighted by Crippen LogP contribution is -2.20. The molecule has 0 aliphatic heterocycles. The summed E-state index contributed by atoms with van der Waals surface area (Å²) in [5, 5.41) is 7.54. The first-order chi connectivity index (χ1) is 8.90. The predicted molar refractivity (Wildman–Crippen MR) is 71.8 cm³/mol. The predicted octanol–water partition coefficient (Wildman–Crippen LogP) is -0.611. The number of amides is 1. The van der Waals surface area contributed by atoms with Gasteiger partial charge in [0.2, 0.25) is 15.9 Å². The summed E-state index contributed by atoms with van der Waals surface area (Å²) in [4.78, 5) is 11.4. The number of primary sulfonamides is 1. The number of hydrogen-bond acceptors (Lipinski definition) is 5. The van der Waals surface area contributed by atoms with Gasteiger partial charge >= 0.3 is 0 Å². The molecule has 1 aromatic rings. The summed E-state index contributed by atoms with van der Waals surface area (Å²) in [6, 6.07) is 6.37. The summed E-state index contributed by atoms with van der Waals surface area (Å²) in [6.45, 7) is 0.604. The summed E-state index contributed by atoms with van der Waals surface area (Å²) < 4.78 is 26.8. The standard InChI is InChI=1S/C11H17N3O4S/c12-5-6-18-7-11(15)14-10-3-1-9(2-4-10)8-19(13,16)17/h1-4H,5-8,12H2,(H,14,15)(H2,13,16,17). The van der Waals surface area contributed by atoms with E-state index < -0.39 is 10.0 Å². The quantitative estimate of drug-likeness (QED) is 0.577. The molecule has 0 spiro atoms. The fourth-order valence-electron chi connectivity index (χ4n) is 1.36. The van der Waals surface area contributed by atoms with Crippen LogP contribution in [0.2, 0.25) is 0 Å². The first-order valence-electron chi connectivity index (χ1n) is 5.58. The van der Waals surface area contributed by atoms with Crippen LogP contribution in [-0.4, -0.2) is 34.1 Å². The van der Waals surface area contributed by atoms with Crippen LogP contribution in [0.4, 0.5) is 5.69 Å². The molecule has 7 nitrogen and oxygen atoms in total. The van der Waals surface area contributed by atoms with Crippen LogP contribution < -0.4 is 16.2 Å². The Morgan fingerprint density at radius 2 is 1.89 bits per heavy atom. The van der Waals surface area contributed by atoms with E-state index in [0.29, 0.717) is 24.4 Å². The molecular weight excluding hydrogens is 270 g/mol. The third-order valence-electron chi connectivity index (χ3n) is 2.10. The molecule has 0 saturated carbocycles. The molecule has 0 fully saturated rings. The number of nitrogens with one attached hydrogen (secondary N) is 1. The summed E-state index contributed by atoms with van der Waals surface area (Å²) in [6.07, 6.45) is 0. The minimum Gasteiger partial charge on any atom is -0.370 e. The Morgan fingerprint density at radius 3 is 2.42 bits per heavy atom. The number of ether oxygens (including phenoxy) is 1. The molecule has 0 atom stereocenters. The Labute approximate surface area is 112 Å². The molecule has 0 heterocycles. The van der Waals surface area contributed by atoms with E-state index in [2.05, 4.69) is 5.32 Å². The molecule has 8 heteroatoms. The zero-order valence-corrected chi connectivity index (χ0v) is 11.2. The third-order valence-corrected chi connectivity index (χ3v) is 2.84. The maximum atomic E-state index is 11.4. The van der Waals surface area contributed by atoms with Crippen LogP contribution in [0.3, 0.4) is 0 Å². The van der Waals surface area contributed by atoms with Crippen molar-refractivity contribution >= 4 is 21.6 Å². The van der Waals surface area contributed by atoms with E-state index in [1.807, 2.05) is 0 Å². The first kappa shape index (κ1) is 15.6. The monoisotopic (exact) mass is 287 g/mol. The zero-order valence-electron chi connectivity index (χ0n) is 10.3. The number of rotatable bonds is 7. The van der Waals surface area contributed by atoms with Gasteiger partial charge < -0.3 is 15.8 Å². The largest absolute Gasteiger partial charge is 0.370 e. The highest BCUT2D eigenvalue weighted by Crippen LogP contribution is 2.11. The maximum absolute atomic E-state index is 11.4. The Hall–Kier alpha value is -1.48. The normalized spacial score (nSPS) is 11.3. The number of sulfonamides is 1. The van der Waals surface area contributed by atoms with Crippen molar-refractivity contribution in [3.05, 3.63) is 29.8 Å². The second kappa shape index (κ2) is 7.19. The van der Waals surface area contributed by atoms with Crippen molar-refractivity contribution in [1.82, 2.24) is 0 Å². The molecule has 0 aromatic heterocycles. The van der Waals surface area contributed by atoms with E-state index in [4.69, 9.17) is 15.6 Å². The highest BCUT2D eigenvalue weighted by molar-refractivity contribution is 7.88. The number of hydrogen-bond donors (Lipinski definition) is 3. The van der Waals surface area contributed by atoms with Gasteiger partial charge in [0.15, 0.2) is 0 Å². The highest BCUT2D eigenvalue weighted by Gasteiger charge is 2.06. The molecular formula is C11H17N3O4S. The highest BCUT2D eigenvalue weighted by atomic mass is 32.2. The van der Waals surface area contributed by atoms with E-state index in [1.54, 1.807) is 24.3 Å². The van der Waals surface area contributed by atoms with Gasteiger partial charge in [-0.1, -0.05) is 12.1 Å². The minimum atomic E-state index is -3.55. The molecule has 0 aliphatic carbocycles. The van der Waals surface area contributed by atoms with E-state index in [1.165, 1.54) is 0 Å². The average Bonchev–Trinajstić information content (AvgIpc) is 2.30. The Kier molecular flexibility index (Phi) is 5.90. The molecule has 0 saturated heterocycles. The second-order valence-electron chi connectivity index (χ2n) is 3.89. The zero-order chi connectivity index (χ0) is 14.3. The number of nitrogens with two attached hydrogens (primary N) is 2. The van der Waals surface area contributed by atoms with Gasteiger partial charge in [0.05, 0.1) is 12.4 Å². The molecule has 1 amide bonds. The van der Waals surface area contributed by atoms with Crippen molar-refractivity contribution < 1.29 is 17.9 Å². The first-order valence-corrected chi connectivity index (χ1v) is 7.29. The Bertz CT molecular complexity index is 513. The molecule has 19 heavy (non-hydrogen) atoms. The fraction of sp³-hybridized carbons (Fsp3) is 0.364. The molecule has 1 rings (SSSR count). The molecule has 0 unspecified atom stereocenters. The van der Waals surface area contributed by atoms with Crippen molar-refractivity contribution in [3.8, 4) is 0 Å². The summed E-state index contributed by atoms with van der Waals surface area (Å²) in [5.74, 6) is -0.534. The number of benzene rings is 1. The van der Waals surface area contributed by atoms with Gasteiger partial charge in [-0.25, -0.2) is 13.6 Å². The van der Waals surface area contributed by atoms with Gasteiger partial charge in [0, 0.05) is 12.2 Å². The fourth-order valence-corrected chi connectivity index (χ4v) is 2.02. The Balaban J connectivity index is 2.50. The van der Waals surface area contributed by atoms with E-state index >= 15 is 0 Å². The average molecular weight is 287 g/mol. The maximum Gasteiger partial charge on any atom is 0.250 e. The third kappa shape index (κ3) is 6.87. The van der Waals surface area contributed by atoms with Gasteiger partial charge in [-0.3, -0.25) is 4.79 Å². The van der Waals surface area contributed by atoms with Crippen LogP contribution in [0, 0.1) is 0 Å². The molecule has 106 valence electrons. The van der Waals surface area contributed by atoms with Gasteiger partial charge in [-0.15, -0.1) is 0 Å². The molecule has 5 N–H and O–H groups in total. The summed E-state index contributed by atoms with van der Waals surface area (Å²) in [5.41, 5.74) is 6.33.